The normalized spacial score (nSPS) is 15.1. The Hall–Kier alpha value is -2.89. The molecule has 37 heavy (non-hydrogen) atoms. The molecule has 204 valence electrons. The van der Waals surface area contributed by atoms with Gasteiger partial charge in [-0.05, 0) is 35.6 Å². The van der Waals surface area contributed by atoms with E-state index in [1.807, 2.05) is 13.8 Å². The first-order valence-electron chi connectivity index (χ1n) is 11.8. The molecule has 1 unspecified atom stereocenters. The minimum atomic E-state index is -3.67. The molecule has 1 aromatic carbocycles. The minimum absolute atomic E-state index is 0.0619. The van der Waals surface area contributed by atoms with Crippen LogP contribution in [-0.2, 0) is 14.8 Å². The van der Waals surface area contributed by atoms with Gasteiger partial charge in [0.25, 0.3) is 0 Å². The molecule has 0 aliphatic rings. The second kappa shape index (κ2) is 11.7. The Balaban J connectivity index is 2.59. The van der Waals surface area contributed by atoms with E-state index < -0.39 is 45.4 Å². The summed E-state index contributed by atoms with van der Waals surface area (Å²) in [7, 11) is -2.34. The van der Waals surface area contributed by atoms with Gasteiger partial charge >= 0.3 is 5.97 Å². The van der Waals surface area contributed by atoms with E-state index >= 15 is 0 Å². The average molecular weight is 538 g/mol. The second-order valence-electron chi connectivity index (χ2n) is 10.5. The number of nitrogens with zero attached hydrogens (tertiary/aromatic N) is 3. The number of carboxylic acid groups (broad SMARTS) is 1. The van der Waals surface area contributed by atoms with E-state index in [0.717, 1.165) is 10.6 Å². The quantitative estimate of drug-likeness (QED) is 0.417. The highest BCUT2D eigenvalue weighted by atomic mass is 32.2. The molecule has 0 spiro atoms. The molecular weight excluding hydrogens is 501 g/mol. The number of aliphatic hydroxyl groups is 2. The lowest BCUT2D eigenvalue weighted by Gasteiger charge is -2.31. The summed E-state index contributed by atoms with van der Waals surface area (Å²) in [4.78, 5) is 20.6. The standard InChI is InChI=1S/C26H36FN3O6S/c1-15(2)22-19(13-12-18(31)14-20(32)21(24(33)34)26(3,4)5)23(16-8-10-17(27)11-9-16)29-25(28-22)30(6)37(7,35)36/h8-13,15,18,20-21,31-32H,14H2,1-7H3,(H,33,34)/t18-,20-,21?/m1/s1. The lowest BCUT2D eigenvalue weighted by Crippen LogP contribution is -2.39. The molecule has 0 fully saturated rings. The summed E-state index contributed by atoms with van der Waals surface area (Å²) in [5.41, 5.74) is 1.06. The van der Waals surface area contributed by atoms with Crippen LogP contribution in [-0.4, -0.2) is 65.2 Å². The van der Waals surface area contributed by atoms with E-state index in [1.165, 1.54) is 37.4 Å². The largest absolute Gasteiger partial charge is 0.481 e. The van der Waals surface area contributed by atoms with Crippen LogP contribution in [0.4, 0.5) is 10.3 Å². The lowest BCUT2D eigenvalue weighted by atomic mass is 9.76. The highest BCUT2D eigenvalue weighted by Gasteiger charge is 2.37. The first-order valence-corrected chi connectivity index (χ1v) is 13.7. The maximum absolute atomic E-state index is 13.6. The van der Waals surface area contributed by atoms with E-state index in [0.29, 0.717) is 22.5 Å². The van der Waals surface area contributed by atoms with Gasteiger partial charge in [-0.1, -0.05) is 46.8 Å². The molecule has 9 nitrogen and oxygen atoms in total. The highest BCUT2D eigenvalue weighted by molar-refractivity contribution is 7.92. The van der Waals surface area contributed by atoms with E-state index in [2.05, 4.69) is 9.97 Å². The fourth-order valence-corrected chi connectivity index (χ4v) is 4.36. The zero-order chi connectivity index (χ0) is 28.3. The molecule has 0 saturated carbocycles. The van der Waals surface area contributed by atoms with E-state index in [1.54, 1.807) is 26.8 Å². The van der Waals surface area contributed by atoms with Crippen molar-refractivity contribution in [1.82, 2.24) is 9.97 Å². The van der Waals surface area contributed by atoms with Gasteiger partial charge in [0.1, 0.15) is 5.82 Å². The van der Waals surface area contributed by atoms with Crippen molar-refractivity contribution in [3.63, 3.8) is 0 Å². The monoisotopic (exact) mass is 537 g/mol. The van der Waals surface area contributed by atoms with Crippen LogP contribution >= 0.6 is 0 Å². The Morgan fingerprint density at radius 1 is 1.14 bits per heavy atom. The molecule has 3 N–H and O–H groups in total. The lowest BCUT2D eigenvalue weighted by molar-refractivity contribution is -0.152. The Bertz CT molecular complexity index is 1240. The van der Waals surface area contributed by atoms with Gasteiger partial charge in [0, 0.05) is 24.6 Å². The van der Waals surface area contributed by atoms with Gasteiger partial charge in [-0.25, -0.2) is 27.1 Å². The Labute approximate surface area is 217 Å². The maximum Gasteiger partial charge on any atom is 0.309 e. The van der Waals surface area contributed by atoms with Gasteiger partial charge in [0.2, 0.25) is 16.0 Å². The summed E-state index contributed by atoms with van der Waals surface area (Å²) < 4.78 is 38.9. The molecular formula is C26H36FN3O6S. The van der Waals surface area contributed by atoms with Gasteiger partial charge < -0.3 is 15.3 Å². The fourth-order valence-electron chi connectivity index (χ4n) is 3.98. The number of aliphatic hydroxyl groups excluding tert-OH is 2. The van der Waals surface area contributed by atoms with E-state index in [9.17, 15) is 32.9 Å². The summed E-state index contributed by atoms with van der Waals surface area (Å²) in [5.74, 6) is -2.95. The smallest absolute Gasteiger partial charge is 0.309 e. The molecule has 2 rings (SSSR count). The number of halogens is 1. The molecule has 2 aromatic rings. The van der Waals surface area contributed by atoms with Gasteiger partial charge in [-0.3, -0.25) is 4.79 Å². The van der Waals surface area contributed by atoms with Crippen molar-refractivity contribution in [1.29, 1.82) is 0 Å². The molecule has 0 radical (unpaired) electrons. The summed E-state index contributed by atoms with van der Waals surface area (Å²) in [6.45, 7) is 8.83. The predicted octanol–water partition coefficient (Wildman–Crippen LogP) is 3.67. The molecule has 3 atom stereocenters. The van der Waals surface area contributed by atoms with Crippen LogP contribution in [0, 0.1) is 17.2 Å². The number of carboxylic acids is 1. The topological polar surface area (TPSA) is 141 Å². The van der Waals surface area contributed by atoms with Crippen LogP contribution < -0.4 is 4.31 Å². The predicted molar refractivity (Wildman–Crippen MR) is 141 cm³/mol. The number of sulfonamides is 1. The van der Waals surface area contributed by atoms with E-state index in [-0.39, 0.29) is 18.3 Å². The number of anilines is 1. The Morgan fingerprint density at radius 3 is 2.16 bits per heavy atom. The second-order valence-corrected chi connectivity index (χ2v) is 12.5. The van der Waals surface area contributed by atoms with Crippen molar-refractivity contribution in [2.45, 2.75) is 59.2 Å². The Kier molecular flexibility index (Phi) is 9.56. The van der Waals surface area contributed by atoms with Crippen LogP contribution in [0.15, 0.2) is 30.3 Å². The van der Waals surface area contributed by atoms with Crippen molar-refractivity contribution in [2.24, 2.45) is 11.3 Å². The Morgan fingerprint density at radius 2 is 1.70 bits per heavy atom. The first kappa shape index (κ1) is 30.3. The number of aromatic nitrogens is 2. The van der Waals surface area contributed by atoms with Crippen molar-refractivity contribution >= 4 is 28.0 Å². The molecule has 0 aliphatic heterocycles. The van der Waals surface area contributed by atoms with Gasteiger partial charge in [-0.15, -0.1) is 0 Å². The molecule has 1 aromatic heterocycles. The van der Waals surface area contributed by atoms with Crippen LogP contribution in [0.3, 0.4) is 0 Å². The molecule has 0 amide bonds. The number of carbonyl (C=O) groups is 1. The summed E-state index contributed by atoms with van der Waals surface area (Å²) in [6.07, 6.45) is 1.27. The molecule has 0 aliphatic carbocycles. The zero-order valence-corrected chi connectivity index (χ0v) is 23.0. The van der Waals surface area contributed by atoms with Crippen molar-refractivity contribution in [3.05, 3.63) is 47.4 Å². The molecule has 1 heterocycles. The summed E-state index contributed by atoms with van der Waals surface area (Å²) >= 11 is 0. The number of rotatable bonds is 10. The molecule has 0 bridgehead atoms. The molecule has 0 saturated heterocycles. The van der Waals surface area contributed by atoms with Crippen LogP contribution in [0.5, 0.6) is 0 Å². The van der Waals surface area contributed by atoms with Crippen LogP contribution in [0.25, 0.3) is 17.3 Å². The molecule has 11 heteroatoms. The number of hydrogen-bond acceptors (Lipinski definition) is 7. The van der Waals surface area contributed by atoms with Gasteiger partial charge in [0.05, 0.1) is 35.8 Å². The SMILES string of the molecule is CC(C)c1nc(N(C)S(C)(=O)=O)nc(-c2ccc(F)cc2)c1C=C[C@@H](O)C[C@@H](O)C(C(=O)O)C(C)(C)C. The first-order chi connectivity index (χ1) is 16.9. The van der Waals surface area contributed by atoms with Crippen molar-refractivity contribution in [2.75, 3.05) is 17.6 Å². The van der Waals surface area contributed by atoms with Crippen LogP contribution in [0.1, 0.15) is 58.2 Å². The summed E-state index contributed by atoms with van der Waals surface area (Å²) in [6, 6.07) is 5.52. The fraction of sp³-hybridized carbons (Fsp3) is 0.500. The third-order valence-corrected chi connectivity index (χ3v) is 7.12. The van der Waals surface area contributed by atoms with Crippen molar-refractivity contribution < 1.29 is 32.9 Å². The minimum Gasteiger partial charge on any atom is -0.481 e. The third-order valence-electron chi connectivity index (χ3n) is 5.96. The number of aliphatic carboxylic acids is 1. The summed E-state index contributed by atoms with van der Waals surface area (Å²) in [5, 5.41) is 30.8. The van der Waals surface area contributed by atoms with E-state index in [4.69, 9.17) is 0 Å². The maximum atomic E-state index is 13.6. The van der Waals surface area contributed by atoms with Crippen molar-refractivity contribution in [3.8, 4) is 11.3 Å². The average Bonchev–Trinajstić information content (AvgIpc) is 2.75. The van der Waals surface area contributed by atoms with Gasteiger partial charge in [-0.2, -0.15) is 0 Å². The number of benzene rings is 1. The third kappa shape index (κ3) is 7.80. The zero-order valence-electron chi connectivity index (χ0n) is 22.2. The number of hydrogen-bond donors (Lipinski definition) is 3. The van der Waals surface area contributed by atoms with Gasteiger partial charge in [0.15, 0.2) is 0 Å². The highest BCUT2D eigenvalue weighted by Crippen LogP contribution is 2.33. The van der Waals surface area contributed by atoms with Crippen LogP contribution in [0.2, 0.25) is 0 Å².